The molecule has 0 bridgehead atoms. The lowest BCUT2D eigenvalue weighted by Crippen LogP contribution is -1.98. The highest BCUT2D eigenvalue weighted by molar-refractivity contribution is 6.41. The van der Waals surface area contributed by atoms with Crippen LogP contribution in [0.4, 0.5) is 0 Å². The number of hydrogen-bond acceptors (Lipinski definition) is 1. The Morgan fingerprint density at radius 3 is 1.46 bits per heavy atom. The Labute approximate surface area is 265 Å². The van der Waals surface area contributed by atoms with E-state index < -0.39 is 0 Å². The molecule has 0 spiro atoms. The second kappa shape index (κ2) is 9.65. The van der Waals surface area contributed by atoms with Crippen LogP contribution in [0.15, 0.2) is 164 Å². The van der Waals surface area contributed by atoms with E-state index in [2.05, 4.69) is 173 Å². The summed E-state index contributed by atoms with van der Waals surface area (Å²) < 4.78 is 4.86. The quantitative estimate of drug-likeness (QED) is 0.189. The number of benzene rings is 8. The Balaban J connectivity index is 1.61. The third kappa shape index (κ3) is 3.40. The zero-order valence-corrected chi connectivity index (χ0v) is 24.9. The zero-order valence-electron chi connectivity index (χ0n) is 24.9. The van der Waals surface area contributed by atoms with Crippen LogP contribution >= 0.6 is 0 Å². The minimum Gasteiger partial charge on any atom is -0.309 e. The van der Waals surface area contributed by atoms with Crippen molar-refractivity contribution < 1.29 is 0 Å². The first-order valence-corrected chi connectivity index (χ1v) is 15.8. The smallest absolute Gasteiger partial charge is 0.145 e. The van der Waals surface area contributed by atoms with E-state index in [0.717, 1.165) is 33.8 Å². The van der Waals surface area contributed by atoms with Gasteiger partial charge in [0.05, 0.1) is 22.1 Å². The summed E-state index contributed by atoms with van der Waals surface area (Å²) in [6, 6.07) is 58.6. The number of rotatable bonds is 3. The van der Waals surface area contributed by atoms with Crippen LogP contribution in [0.1, 0.15) is 0 Å². The van der Waals surface area contributed by atoms with E-state index in [9.17, 15) is 0 Å². The van der Waals surface area contributed by atoms with E-state index in [0.29, 0.717) is 0 Å². The van der Waals surface area contributed by atoms with Gasteiger partial charge in [0.1, 0.15) is 5.82 Å². The third-order valence-electron chi connectivity index (χ3n) is 9.46. The maximum absolute atomic E-state index is 5.64. The van der Waals surface area contributed by atoms with Gasteiger partial charge in [-0.25, -0.2) is 4.98 Å². The molecule has 2 aromatic heterocycles. The number of nitrogens with zero attached hydrogens (tertiary/aromatic N) is 3. The lowest BCUT2D eigenvalue weighted by atomic mass is 9.91. The summed E-state index contributed by atoms with van der Waals surface area (Å²) in [4.78, 5) is 5.64. The minimum atomic E-state index is 0.935. The van der Waals surface area contributed by atoms with E-state index >= 15 is 0 Å². The van der Waals surface area contributed by atoms with Crippen LogP contribution in [0.5, 0.6) is 0 Å². The highest BCUT2D eigenvalue weighted by Gasteiger charge is 2.27. The summed E-state index contributed by atoms with van der Waals surface area (Å²) in [5, 5.41) is 9.77. The third-order valence-corrected chi connectivity index (χ3v) is 9.46. The van der Waals surface area contributed by atoms with Crippen molar-refractivity contribution in [2.45, 2.75) is 0 Å². The Morgan fingerprint density at radius 1 is 0.348 bits per heavy atom. The van der Waals surface area contributed by atoms with E-state index in [-0.39, 0.29) is 0 Å². The van der Waals surface area contributed by atoms with Crippen LogP contribution in [0, 0.1) is 0 Å². The van der Waals surface area contributed by atoms with Gasteiger partial charge in [0, 0.05) is 38.5 Å². The molecule has 0 saturated carbocycles. The molecule has 0 radical (unpaired) electrons. The van der Waals surface area contributed by atoms with Crippen molar-refractivity contribution in [1.82, 2.24) is 14.1 Å². The van der Waals surface area contributed by atoms with Gasteiger partial charge >= 0.3 is 0 Å². The highest BCUT2D eigenvalue weighted by Crippen LogP contribution is 2.48. The second-order valence-corrected chi connectivity index (χ2v) is 11.9. The first-order valence-electron chi connectivity index (χ1n) is 15.8. The molecule has 46 heavy (non-hydrogen) atoms. The maximum atomic E-state index is 5.64. The average molecular weight is 586 g/mol. The van der Waals surface area contributed by atoms with Crippen molar-refractivity contribution in [3.8, 4) is 22.8 Å². The number of fused-ring (bicyclic) bond motifs is 13. The van der Waals surface area contributed by atoms with Crippen LogP contribution in [-0.4, -0.2) is 14.1 Å². The summed E-state index contributed by atoms with van der Waals surface area (Å²) in [5.41, 5.74) is 7.83. The van der Waals surface area contributed by atoms with Crippen molar-refractivity contribution in [1.29, 1.82) is 0 Å². The Morgan fingerprint density at radius 2 is 0.826 bits per heavy atom. The predicted octanol–water partition coefficient (Wildman–Crippen LogP) is 11.2. The van der Waals surface area contributed by atoms with Crippen LogP contribution in [0.3, 0.4) is 0 Å². The van der Waals surface area contributed by atoms with Gasteiger partial charge in [0.25, 0.3) is 0 Å². The second-order valence-electron chi connectivity index (χ2n) is 11.9. The summed E-state index contributed by atoms with van der Waals surface area (Å²) >= 11 is 0. The Kier molecular flexibility index (Phi) is 5.28. The zero-order chi connectivity index (χ0) is 30.2. The molecular weight excluding hydrogens is 558 g/mol. The van der Waals surface area contributed by atoms with Gasteiger partial charge < -0.3 is 4.57 Å². The number of hydrogen-bond donors (Lipinski definition) is 0. The van der Waals surface area contributed by atoms with Gasteiger partial charge in [-0.15, -0.1) is 0 Å². The molecule has 0 atom stereocenters. The minimum absolute atomic E-state index is 0.935. The van der Waals surface area contributed by atoms with Crippen molar-refractivity contribution in [2.75, 3.05) is 0 Å². The van der Waals surface area contributed by atoms with E-state index in [4.69, 9.17) is 4.98 Å². The van der Waals surface area contributed by atoms with Crippen molar-refractivity contribution in [2.24, 2.45) is 0 Å². The Hall–Kier alpha value is -6.19. The fourth-order valence-corrected chi connectivity index (χ4v) is 7.63. The van der Waals surface area contributed by atoms with Crippen molar-refractivity contribution in [3.05, 3.63) is 164 Å². The summed E-state index contributed by atoms with van der Waals surface area (Å²) in [6.45, 7) is 0. The van der Waals surface area contributed by atoms with Gasteiger partial charge in [-0.2, -0.15) is 0 Å². The SMILES string of the molecule is c1ccc(-c2nc3c4c5ccccc5c5ccccc5c4c4c(c5ccccc5n4-c4ccccc4)c3n2-c2ccccc2)cc1. The van der Waals surface area contributed by atoms with E-state index in [1.807, 2.05) is 0 Å². The molecule has 0 N–H and O–H groups in total. The molecule has 0 aliphatic rings. The monoisotopic (exact) mass is 585 g/mol. The summed E-state index contributed by atoms with van der Waals surface area (Å²) in [7, 11) is 0. The molecule has 0 amide bonds. The molecule has 10 aromatic rings. The topological polar surface area (TPSA) is 22.8 Å². The van der Waals surface area contributed by atoms with Crippen LogP contribution < -0.4 is 0 Å². The van der Waals surface area contributed by atoms with Crippen LogP contribution in [0.25, 0.3) is 87.9 Å². The van der Waals surface area contributed by atoms with E-state index in [1.165, 1.54) is 54.1 Å². The fraction of sp³-hybridized carbons (Fsp3) is 0. The molecule has 10 rings (SSSR count). The summed E-state index contributed by atoms with van der Waals surface area (Å²) in [5.74, 6) is 0.935. The van der Waals surface area contributed by atoms with Crippen molar-refractivity contribution >= 4 is 65.2 Å². The molecule has 0 fully saturated rings. The first-order chi connectivity index (χ1) is 22.9. The molecule has 2 heterocycles. The molecule has 0 aliphatic heterocycles. The van der Waals surface area contributed by atoms with Gasteiger partial charge in [-0.05, 0) is 51.9 Å². The van der Waals surface area contributed by atoms with Gasteiger partial charge in [0.2, 0.25) is 0 Å². The van der Waals surface area contributed by atoms with Crippen molar-refractivity contribution in [3.63, 3.8) is 0 Å². The molecule has 3 nitrogen and oxygen atoms in total. The maximum Gasteiger partial charge on any atom is 0.145 e. The molecule has 0 aliphatic carbocycles. The summed E-state index contributed by atoms with van der Waals surface area (Å²) in [6.07, 6.45) is 0. The van der Waals surface area contributed by atoms with Crippen LogP contribution in [0.2, 0.25) is 0 Å². The molecule has 214 valence electrons. The van der Waals surface area contributed by atoms with Gasteiger partial charge in [-0.3, -0.25) is 4.57 Å². The number of aromatic nitrogens is 3. The van der Waals surface area contributed by atoms with Gasteiger partial charge in [-0.1, -0.05) is 133 Å². The lowest BCUT2D eigenvalue weighted by Gasteiger charge is -2.16. The van der Waals surface area contributed by atoms with Gasteiger partial charge in [0.15, 0.2) is 0 Å². The Bertz CT molecular complexity index is 2770. The normalized spacial score (nSPS) is 11.9. The molecule has 8 aromatic carbocycles. The standard InChI is InChI=1S/C43H27N3/c1-4-16-28(17-5-1)43-44-40-37-33-24-12-10-22-31(33)32-23-11-13-25-34(32)38(37)41-39(42(40)46(43)30-20-8-3-9-21-30)35-26-14-15-27-36(35)45(41)29-18-6-2-7-19-29/h1-27H. The largest absolute Gasteiger partial charge is 0.309 e. The molecule has 0 saturated heterocycles. The number of para-hydroxylation sites is 3. The first kappa shape index (κ1) is 25.2. The van der Waals surface area contributed by atoms with E-state index in [1.54, 1.807) is 0 Å². The fourth-order valence-electron chi connectivity index (χ4n) is 7.63. The van der Waals surface area contributed by atoms with Crippen LogP contribution in [-0.2, 0) is 0 Å². The molecule has 3 heteroatoms. The highest BCUT2D eigenvalue weighted by atomic mass is 15.1. The lowest BCUT2D eigenvalue weighted by molar-refractivity contribution is 1.11. The molecule has 0 unspecified atom stereocenters. The number of imidazole rings is 1. The molecular formula is C43H27N3. The predicted molar refractivity (Wildman–Crippen MR) is 193 cm³/mol. The average Bonchev–Trinajstić information content (AvgIpc) is 3.69.